The van der Waals surface area contributed by atoms with Crippen molar-refractivity contribution in [3.05, 3.63) is 16.6 Å². The number of hydrogen-bond acceptors (Lipinski definition) is 4. The maximum absolute atomic E-state index is 4.12. The molecule has 1 atom stereocenters. The highest BCUT2D eigenvalue weighted by molar-refractivity contribution is 7.09. The van der Waals surface area contributed by atoms with Crippen LogP contribution in [0.1, 0.15) is 18.7 Å². The zero-order valence-corrected chi connectivity index (χ0v) is 10.3. The van der Waals surface area contributed by atoms with Gasteiger partial charge in [-0.2, -0.15) is 0 Å². The highest BCUT2D eigenvalue weighted by atomic mass is 32.1. The maximum Gasteiger partial charge on any atom is 0.0794 e. The lowest BCUT2D eigenvalue weighted by atomic mass is 10.0. The van der Waals surface area contributed by atoms with Crippen molar-refractivity contribution < 1.29 is 0 Å². The minimum atomic E-state index is 0.645. The molecule has 1 aliphatic rings. The van der Waals surface area contributed by atoms with Crippen molar-refractivity contribution in [1.82, 2.24) is 15.2 Å². The molecule has 4 heteroatoms. The SMILES string of the molecule is CC(C)C1CN(Cc2cncs2)CCN1. The fourth-order valence-corrected chi connectivity index (χ4v) is 2.61. The Hall–Kier alpha value is -0.450. The predicted octanol–water partition coefficient (Wildman–Crippen LogP) is 1.57. The van der Waals surface area contributed by atoms with Crippen LogP contribution in [0.3, 0.4) is 0 Å². The number of piperazine rings is 1. The van der Waals surface area contributed by atoms with Crippen LogP contribution in [0.4, 0.5) is 0 Å². The third-order valence-electron chi connectivity index (χ3n) is 2.96. The summed E-state index contributed by atoms with van der Waals surface area (Å²) in [5.74, 6) is 0.717. The molecule has 0 aliphatic carbocycles. The van der Waals surface area contributed by atoms with Crippen LogP contribution in [0.25, 0.3) is 0 Å². The Bertz CT molecular complexity index is 284. The second-order valence-corrected chi connectivity index (χ2v) is 5.48. The molecule has 1 aliphatic heterocycles. The van der Waals surface area contributed by atoms with Gasteiger partial charge in [0, 0.05) is 43.3 Å². The Balaban J connectivity index is 1.88. The monoisotopic (exact) mass is 225 g/mol. The van der Waals surface area contributed by atoms with Gasteiger partial charge in [-0.3, -0.25) is 9.88 Å². The van der Waals surface area contributed by atoms with Gasteiger partial charge in [0.15, 0.2) is 0 Å². The van der Waals surface area contributed by atoms with Gasteiger partial charge in [-0.05, 0) is 5.92 Å². The summed E-state index contributed by atoms with van der Waals surface area (Å²) in [5.41, 5.74) is 1.91. The van der Waals surface area contributed by atoms with Crippen molar-refractivity contribution in [2.75, 3.05) is 19.6 Å². The first-order valence-electron chi connectivity index (χ1n) is 5.59. The molecule has 1 N–H and O–H groups in total. The standard InChI is InChI=1S/C11H19N3S/c1-9(2)11-7-14(4-3-13-11)6-10-5-12-8-15-10/h5,8-9,11,13H,3-4,6-7H2,1-2H3. The molecule has 0 bridgehead atoms. The molecule has 84 valence electrons. The van der Waals surface area contributed by atoms with Crippen LogP contribution in [0.2, 0.25) is 0 Å². The van der Waals surface area contributed by atoms with Gasteiger partial charge < -0.3 is 5.32 Å². The molecule has 2 rings (SSSR count). The second-order valence-electron chi connectivity index (χ2n) is 4.51. The van der Waals surface area contributed by atoms with Crippen LogP contribution < -0.4 is 5.32 Å². The van der Waals surface area contributed by atoms with Gasteiger partial charge >= 0.3 is 0 Å². The third-order valence-corrected chi connectivity index (χ3v) is 3.72. The molecule has 1 saturated heterocycles. The van der Waals surface area contributed by atoms with Crippen LogP contribution in [0.15, 0.2) is 11.7 Å². The first-order valence-corrected chi connectivity index (χ1v) is 6.47. The number of thiazole rings is 1. The number of nitrogens with zero attached hydrogens (tertiary/aromatic N) is 2. The molecular formula is C11H19N3S. The minimum Gasteiger partial charge on any atom is -0.311 e. The van der Waals surface area contributed by atoms with Gasteiger partial charge in [-0.15, -0.1) is 11.3 Å². The number of aromatic nitrogens is 1. The highest BCUT2D eigenvalue weighted by Gasteiger charge is 2.21. The van der Waals surface area contributed by atoms with Crippen LogP contribution in [0, 0.1) is 5.92 Å². The van der Waals surface area contributed by atoms with E-state index in [0.29, 0.717) is 12.0 Å². The summed E-state index contributed by atoms with van der Waals surface area (Å²) in [6, 6.07) is 0.645. The van der Waals surface area contributed by atoms with Crippen LogP contribution >= 0.6 is 11.3 Å². The molecule has 0 radical (unpaired) electrons. The van der Waals surface area contributed by atoms with Gasteiger partial charge in [-0.1, -0.05) is 13.8 Å². The van der Waals surface area contributed by atoms with E-state index in [1.54, 1.807) is 11.3 Å². The summed E-state index contributed by atoms with van der Waals surface area (Å²) in [6.45, 7) is 9.07. The fourth-order valence-electron chi connectivity index (χ4n) is 1.97. The normalized spacial score (nSPS) is 23.5. The molecule has 0 amide bonds. The smallest absolute Gasteiger partial charge is 0.0794 e. The van der Waals surface area contributed by atoms with E-state index < -0.39 is 0 Å². The quantitative estimate of drug-likeness (QED) is 0.846. The number of rotatable bonds is 3. The van der Waals surface area contributed by atoms with E-state index in [9.17, 15) is 0 Å². The van der Waals surface area contributed by atoms with Crippen molar-refractivity contribution in [3.8, 4) is 0 Å². The van der Waals surface area contributed by atoms with Gasteiger partial charge in [0.1, 0.15) is 0 Å². The van der Waals surface area contributed by atoms with Crippen molar-refractivity contribution in [3.63, 3.8) is 0 Å². The molecule has 0 spiro atoms. The molecule has 1 fully saturated rings. The molecule has 0 aromatic carbocycles. The van der Waals surface area contributed by atoms with Crippen LogP contribution in [-0.2, 0) is 6.54 Å². The summed E-state index contributed by atoms with van der Waals surface area (Å²) in [5, 5.41) is 3.57. The number of hydrogen-bond donors (Lipinski definition) is 1. The molecular weight excluding hydrogens is 206 g/mol. The van der Waals surface area contributed by atoms with Gasteiger partial charge in [-0.25, -0.2) is 0 Å². The predicted molar refractivity (Wildman–Crippen MR) is 64.0 cm³/mol. The Morgan fingerprint density at radius 2 is 2.53 bits per heavy atom. The molecule has 15 heavy (non-hydrogen) atoms. The van der Waals surface area contributed by atoms with Gasteiger partial charge in [0.2, 0.25) is 0 Å². The highest BCUT2D eigenvalue weighted by Crippen LogP contribution is 2.13. The summed E-state index contributed by atoms with van der Waals surface area (Å²) in [6.07, 6.45) is 1.98. The van der Waals surface area contributed by atoms with E-state index in [4.69, 9.17) is 0 Å². The average Bonchev–Trinajstić information content (AvgIpc) is 2.71. The minimum absolute atomic E-state index is 0.645. The molecule has 3 nitrogen and oxygen atoms in total. The van der Waals surface area contributed by atoms with E-state index in [1.165, 1.54) is 4.88 Å². The summed E-state index contributed by atoms with van der Waals surface area (Å²) in [7, 11) is 0. The lowest BCUT2D eigenvalue weighted by Gasteiger charge is -2.35. The molecule has 2 heterocycles. The topological polar surface area (TPSA) is 28.2 Å². The lowest BCUT2D eigenvalue weighted by Crippen LogP contribution is -2.52. The Labute approximate surface area is 95.5 Å². The van der Waals surface area contributed by atoms with Gasteiger partial charge in [0.25, 0.3) is 0 Å². The Morgan fingerprint density at radius 1 is 1.67 bits per heavy atom. The summed E-state index contributed by atoms with van der Waals surface area (Å²) in [4.78, 5) is 8.01. The maximum atomic E-state index is 4.12. The van der Waals surface area contributed by atoms with E-state index in [2.05, 4.69) is 29.0 Å². The molecule has 1 aromatic heterocycles. The summed E-state index contributed by atoms with van der Waals surface area (Å²) < 4.78 is 0. The lowest BCUT2D eigenvalue weighted by molar-refractivity contribution is 0.170. The average molecular weight is 225 g/mol. The van der Waals surface area contributed by atoms with Crippen molar-refractivity contribution in [2.24, 2.45) is 5.92 Å². The van der Waals surface area contributed by atoms with Crippen LogP contribution in [-0.4, -0.2) is 35.6 Å². The third kappa shape index (κ3) is 3.00. The first-order chi connectivity index (χ1) is 7.25. The summed E-state index contributed by atoms with van der Waals surface area (Å²) >= 11 is 1.75. The fraction of sp³-hybridized carbons (Fsp3) is 0.727. The molecule has 1 unspecified atom stereocenters. The Morgan fingerprint density at radius 3 is 3.20 bits per heavy atom. The second kappa shape index (κ2) is 5.05. The van der Waals surface area contributed by atoms with E-state index >= 15 is 0 Å². The van der Waals surface area contributed by atoms with Crippen LogP contribution in [0.5, 0.6) is 0 Å². The van der Waals surface area contributed by atoms with E-state index in [1.807, 2.05) is 11.7 Å². The van der Waals surface area contributed by atoms with E-state index in [0.717, 1.165) is 26.2 Å². The van der Waals surface area contributed by atoms with E-state index in [-0.39, 0.29) is 0 Å². The van der Waals surface area contributed by atoms with Crippen molar-refractivity contribution >= 4 is 11.3 Å². The van der Waals surface area contributed by atoms with Crippen molar-refractivity contribution in [2.45, 2.75) is 26.4 Å². The van der Waals surface area contributed by atoms with Crippen molar-refractivity contribution in [1.29, 1.82) is 0 Å². The van der Waals surface area contributed by atoms with Gasteiger partial charge in [0.05, 0.1) is 5.51 Å². The largest absolute Gasteiger partial charge is 0.311 e. The first kappa shape index (κ1) is 11.0. The zero-order chi connectivity index (χ0) is 10.7. The number of nitrogens with one attached hydrogen (secondary N) is 1. The Kier molecular flexibility index (Phi) is 3.72. The zero-order valence-electron chi connectivity index (χ0n) is 9.44. The molecule has 0 saturated carbocycles. The molecule has 1 aromatic rings.